The summed E-state index contributed by atoms with van der Waals surface area (Å²) in [4.78, 5) is 58.4. The van der Waals surface area contributed by atoms with E-state index < -0.39 is 20.2 Å². The van der Waals surface area contributed by atoms with Crippen molar-refractivity contribution in [3.63, 3.8) is 0 Å². The van der Waals surface area contributed by atoms with E-state index in [1.165, 1.54) is 34.8 Å². The van der Waals surface area contributed by atoms with Crippen molar-refractivity contribution in [2.24, 2.45) is 0 Å². The van der Waals surface area contributed by atoms with Crippen molar-refractivity contribution in [3.8, 4) is 22.7 Å². The van der Waals surface area contributed by atoms with Gasteiger partial charge in [0, 0.05) is 72.5 Å². The van der Waals surface area contributed by atoms with Gasteiger partial charge in [-0.1, -0.05) is 42.8 Å². The number of thiophene rings is 2. The van der Waals surface area contributed by atoms with Crippen LogP contribution in [0.3, 0.4) is 0 Å². The average Bonchev–Trinajstić information content (AvgIpc) is 4.14. The molecule has 8 rings (SSSR count). The molecule has 70 heavy (non-hydrogen) atoms. The Balaban J connectivity index is 0.000000293. The van der Waals surface area contributed by atoms with Gasteiger partial charge in [-0.2, -0.15) is 16.8 Å². The van der Waals surface area contributed by atoms with Crippen LogP contribution in [0, 0.1) is 0 Å². The van der Waals surface area contributed by atoms with Gasteiger partial charge in [0.05, 0.1) is 55.0 Å². The summed E-state index contributed by atoms with van der Waals surface area (Å²) in [6, 6.07) is 32.4. The number of rotatable bonds is 12. The zero-order valence-electron chi connectivity index (χ0n) is 36.1. The molecule has 0 aliphatic rings. The van der Waals surface area contributed by atoms with Gasteiger partial charge in [-0.05, 0) is 97.8 Å². The van der Waals surface area contributed by atoms with Crippen molar-refractivity contribution in [1.82, 2.24) is 28.2 Å². The van der Waals surface area contributed by atoms with Crippen LogP contribution in [0.15, 0.2) is 156 Å². The van der Waals surface area contributed by atoms with Crippen LogP contribution in [0.5, 0.6) is 0 Å². The second kappa shape index (κ2) is 29.6. The number of benzene rings is 2. The maximum atomic E-state index is 12.2. The SMILES string of the molecule is C.CS(=O)(=O)O.CS(=O)(=O)O.I[I-]I.O=C(CCc1cn(-c2ccc(-n3ccccc3=O)cc2)cn1)c1ccc(Cl)s1.O=C(CCc1cn(-c2ccc(-n3ccccc3=O)cc2)cn1)c1ccc(Cl)s1. The fourth-order valence-corrected chi connectivity index (χ4v) is 7.80. The predicted octanol–water partition coefficient (Wildman–Crippen LogP) is 7.53. The van der Waals surface area contributed by atoms with Crippen molar-refractivity contribution in [3.05, 3.63) is 197 Å². The van der Waals surface area contributed by atoms with Gasteiger partial charge < -0.3 is 9.13 Å². The van der Waals surface area contributed by atoms with Gasteiger partial charge in [0.25, 0.3) is 31.4 Å². The molecular formula is C45H44Cl2I3N6O10S4-. The Hall–Kier alpha value is -3.91. The van der Waals surface area contributed by atoms with Crippen molar-refractivity contribution in [2.75, 3.05) is 12.5 Å². The zero-order chi connectivity index (χ0) is 50.7. The molecule has 16 nitrogen and oxygen atoms in total. The molecule has 0 amide bonds. The normalized spacial score (nSPS) is 10.7. The average molecular weight is 1410 g/mol. The van der Waals surface area contributed by atoms with Crippen molar-refractivity contribution in [2.45, 2.75) is 33.1 Å². The molecule has 0 spiro atoms. The third-order valence-electron chi connectivity index (χ3n) is 8.68. The van der Waals surface area contributed by atoms with Crippen LogP contribution in [0.1, 0.15) is 51.0 Å². The van der Waals surface area contributed by atoms with E-state index >= 15 is 0 Å². The Morgan fingerprint density at radius 2 is 0.900 bits per heavy atom. The molecular weight excluding hydrogens is 1360 g/mol. The predicted molar refractivity (Wildman–Crippen MR) is 292 cm³/mol. The summed E-state index contributed by atoms with van der Waals surface area (Å²) in [6.45, 7) is 0. The molecule has 0 aliphatic heterocycles. The molecule has 0 saturated heterocycles. The van der Waals surface area contributed by atoms with Gasteiger partial charge in [-0.3, -0.25) is 37.4 Å². The number of halogens is 5. The number of aromatic nitrogens is 6. The number of carbonyl (C=O) groups excluding carboxylic acids is 2. The van der Waals surface area contributed by atoms with E-state index in [-0.39, 0.29) is 30.1 Å². The van der Waals surface area contributed by atoms with E-state index in [2.05, 4.69) is 47.2 Å². The number of hydrogen-bond donors (Lipinski definition) is 2. The maximum Gasteiger partial charge on any atom is 0.255 e. The number of Topliss-reactive ketones (excluding diaryl/α,β-unsaturated/α-hetero) is 2. The molecule has 0 atom stereocenters. The third-order valence-corrected chi connectivity index (χ3v) is 11.2. The molecule has 374 valence electrons. The maximum absolute atomic E-state index is 12.2. The number of nitrogens with zero attached hydrogens (tertiary/aromatic N) is 6. The number of aryl methyl sites for hydroxylation is 2. The molecule has 25 heteroatoms. The topological polar surface area (TPSA) is 223 Å². The van der Waals surface area contributed by atoms with Crippen molar-refractivity contribution in [1.29, 1.82) is 0 Å². The molecule has 0 fully saturated rings. The Bertz CT molecular complexity index is 3050. The molecule has 2 N–H and O–H groups in total. The van der Waals surface area contributed by atoms with Crippen LogP contribution in [-0.4, -0.2) is 78.3 Å². The molecule has 0 bridgehead atoms. The first kappa shape index (κ1) is 60.4. The molecule has 0 unspecified atom stereocenters. The van der Waals surface area contributed by atoms with Gasteiger partial charge in [-0.15, -0.1) is 22.7 Å². The third kappa shape index (κ3) is 21.8. The Kier molecular flexibility index (Phi) is 25.5. The molecule has 6 aromatic heterocycles. The van der Waals surface area contributed by atoms with Gasteiger partial charge in [0.1, 0.15) is 0 Å². The van der Waals surface area contributed by atoms with Gasteiger partial charge in [0.2, 0.25) is 0 Å². The van der Waals surface area contributed by atoms with E-state index in [4.69, 9.17) is 32.3 Å². The van der Waals surface area contributed by atoms with Crippen LogP contribution in [0.2, 0.25) is 8.67 Å². The molecule has 8 aromatic rings. The van der Waals surface area contributed by atoms with Crippen LogP contribution in [-0.2, 0) is 33.1 Å². The second-order valence-electron chi connectivity index (χ2n) is 14.0. The first-order valence-corrected chi connectivity index (χ1v) is 38.2. The quantitative estimate of drug-likeness (QED) is 0.0689. The van der Waals surface area contributed by atoms with E-state index in [9.17, 15) is 36.0 Å². The number of imidazole rings is 2. The molecule has 2 aromatic carbocycles. The molecule has 6 heterocycles. The molecule has 0 radical (unpaired) electrons. The smallest absolute Gasteiger partial charge is 0.255 e. The Labute approximate surface area is 452 Å². The molecule has 0 aliphatic carbocycles. The van der Waals surface area contributed by atoms with E-state index in [0.29, 0.717) is 69.9 Å². The van der Waals surface area contributed by atoms with E-state index in [0.717, 1.165) is 34.1 Å². The zero-order valence-corrected chi connectivity index (χ0v) is 47.3. The van der Waals surface area contributed by atoms with Crippen LogP contribution >= 0.6 is 83.1 Å². The summed E-state index contributed by atoms with van der Waals surface area (Å²) in [5.74, 6) is 0.146. The summed E-state index contributed by atoms with van der Waals surface area (Å²) in [7, 11) is -7.33. The first-order chi connectivity index (χ1) is 32.6. The summed E-state index contributed by atoms with van der Waals surface area (Å²) in [5.41, 5.74) is 5.02. The van der Waals surface area contributed by atoms with Gasteiger partial charge in [0.15, 0.2) is 11.6 Å². The minimum atomic E-state index is -3.67. The number of carbonyl (C=O) groups is 2. The summed E-state index contributed by atoms with van der Waals surface area (Å²) >= 11 is 19.7. The Morgan fingerprint density at radius 3 is 1.19 bits per heavy atom. The fraction of sp³-hybridized carbons (Fsp3) is 0.156. The standard InChI is InChI=1S/2C21H16ClN3O2S.2CH4O3S.CH4.I3/c2*22-20-11-10-19(28-20)18(26)9-4-15-13-24(14-23-15)16-5-7-17(8-6-16)25-12-2-1-3-21(25)27;2*1-5(2,3)4;;1-3-2/h2*1-3,5-8,10-14H,4,9H2;2*1H3,(H,2,3,4);1H4;/q;;;;;-1. The van der Waals surface area contributed by atoms with Crippen LogP contribution in [0.4, 0.5) is 0 Å². The van der Waals surface area contributed by atoms with Gasteiger partial charge in [-0.25, -0.2) is 9.97 Å². The number of pyridine rings is 2. The minimum absolute atomic E-state index is 0. The minimum Gasteiger partial charge on any atom is -0.306 e. The van der Waals surface area contributed by atoms with Crippen LogP contribution in [0.25, 0.3) is 22.7 Å². The number of ketones is 2. The van der Waals surface area contributed by atoms with Gasteiger partial charge >= 0.3 is 50.5 Å². The van der Waals surface area contributed by atoms with E-state index in [1.807, 2.05) is 82.2 Å². The fourth-order valence-electron chi connectivity index (χ4n) is 5.78. The largest absolute Gasteiger partial charge is 0.306 e. The van der Waals surface area contributed by atoms with E-state index in [1.54, 1.807) is 70.6 Å². The summed E-state index contributed by atoms with van der Waals surface area (Å²) < 4.78 is 60.0. The summed E-state index contributed by atoms with van der Waals surface area (Å²) in [6.07, 6.45) is 14.1. The van der Waals surface area contributed by atoms with Crippen LogP contribution < -0.4 is 24.4 Å². The second-order valence-corrected chi connectivity index (χ2v) is 36.6. The van der Waals surface area contributed by atoms with Crippen molar-refractivity contribution >= 4 is 115 Å². The van der Waals surface area contributed by atoms with Crippen molar-refractivity contribution < 1.29 is 48.8 Å². The number of hydrogen-bond acceptors (Lipinski definition) is 12. The summed E-state index contributed by atoms with van der Waals surface area (Å²) in [5, 5.41) is 0. The Morgan fingerprint density at radius 1 is 0.586 bits per heavy atom. The molecule has 0 saturated carbocycles. The first-order valence-electron chi connectivity index (χ1n) is 19.5. The monoisotopic (exact) mass is 1410 g/mol.